The molecule has 1 aromatic rings. The third-order valence-corrected chi connectivity index (χ3v) is 2.46. The van der Waals surface area contributed by atoms with Crippen molar-refractivity contribution < 1.29 is 5.11 Å². The van der Waals surface area contributed by atoms with E-state index in [0.717, 1.165) is 12.0 Å². The van der Waals surface area contributed by atoms with E-state index in [9.17, 15) is 5.11 Å². The first-order valence-electron chi connectivity index (χ1n) is 5.18. The highest BCUT2D eigenvalue weighted by Crippen LogP contribution is 2.20. The van der Waals surface area contributed by atoms with Crippen LogP contribution in [0.4, 0.5) is 0 Å². The van der Waals surface area contributed by atoms with E-state index in [2.05, 4.69) is 11.9 Å². The van der Waals surface area contributed by atoms with Crippen molar-refractivity contribution in [3.05, 3.63) is 29.3 Å². The lowest BCUT2D eigenvalue weighted by atomic mass is 10.1. The number of hydrogen-bond donors (Lipinski definition) is 2. The zero-order valence-corrected chi connectivity index (χ0v) is 9.49. The minimum Gasteiger partial charge on any atom is -0.507 e. The molecule has 0 aliphatic rings. The van der Waals surface area contributed by atoms with Crippen molar-refractivity contribution in [2.24, 2.45) is 10.7 Å². The molecule has 3 nitrogen and oxygen atoms in total. The number of phenolic OH excluding ortho intramolecular Hbond substituents is 1. The maximum absolute atomic E-state index is 9.69. The fourth-order valence-corrected chi connectivity index (χ4v) is 1.38. The molecule has 0 saturated carbocycles. The van der Waals surface area contributed by atoms with Gasteiger partial charge < -0.3 is 10.8 Å². The fraction of sp³-hybridized carbons (Fsp3) is 0.417. The Morgan fingerprint density at radius 2 is 2.20 bits per heavy atom. The van der Waals surface area contributed by atoms with Crippen LogP contribution in [0.25, 0.3) is 0 Å². The highest BCUT2D eigenvalue weighted by molar-refractivity contribution is 6.01. The Hall–Kier alpha value is -1.51. The highest BCUT2D eigenvalue weighted by atomic mass is 16.3. The van der Waals surface area contributed by atoms with Gasteiger partial charge in [0, 0.05) is 6.04 Å². The summed E-state index contributed by atoms with van der Waals surface area (Å²) in [6, 6.07) is 5.52. The van der Waals surface area contributed by atoms with Gasteiger partial charge in [0.05, 0.1) is 5.56 Å². The molecule has 82 valence electrons. The second-order valence-electron chi connectivity index (χ2n) is 3.74. The van der Waals surface area contributed by atoms with E-state index in [-0.39, 0.29) is 11.8 Å². The maximum Gasteiger partial charge on any atom is 0.129 e. The van der Waals surface area contributed by atoms with Gasteiger partial charge in [-0.2, -0.15) is 0 Å². The SMILES string of the molecule is CCC(C)N=C(N)c1c(C)cccc1O. The van der Waals surface area contributed by atoms with Gasteiger partial charge in [0.15, 0.2) is 0 Å². The minimum atomic E-state index is 0.184. The molecule has 0 amide bonds. The van der Waals surface area contributed by atoms with E-state index in [1.165, 1.54) is 0 Å². The number of aromatic hydroxyl groups is 1. The van der Waals surface area contributed by atoms with Crippen molar-refractivity contribution in [1.29, 1.82) is 0 Å². The van der Waals surface area contributed by atoms with E-state index in [1.807, 2.05) is 19.9 Å². The number of nitrogens with zero attached hydrogens (tertiary/aromatic N) is 1. The van der Waals surface area contributed by atoms with Gasteiger partial charge in [0.2, 0.25) is 0 Å². The van der Waals surface area contributed by atoms with Gasteiger partial charge in [0.25, 0.3) is 0 Å². The van der Waals surface area contributed by atoms with Crippen LogP contribution in [0.1, 0.15) is 31.4 Å². The fourth-order valence-electron chi connectivity index (χ4n) is 1.38. The predicted octanol–water partition coefficient (Wildman–Crippen LogP) is 2.20. The van der Waals surface area contributed by atoms with Crippen LogP contribution in [0, 0.1) is 6.92 Å². The second-order valence-corrected chi connectivity index (χ2v) is 3.74. The van der Waals surface area contributed by atoms with Crippen molar-refractivity contribution in [2.45, 2.75) is 33.2 Å². The van der Waals surface area contributed by atoms with Gasteiger partial charge >= 0.3 is 0 Å². The summed E-state index contributed by atoms with van der Waals surface area (Å²) in [5.41, 5.74) is 7.46. The molecule has 1 atom stereocenters. The lowest BCUT2D eigenvalue weighted by Crippen LogP contribution is -2.17. The molecule has 3 heteroatoms. The van der Waals surface area contributed by atoms with Gasteiger partial charge in [-0.3, -0.25) is 4.99 Å². The summed E-state index contributed by atoms with van der Waals surface area (Å²) in [6.45, 7) is 5.97. The number of nitrogens with two attached hydrogens (primary N) is 1. The van der Waals surface area contributed by atoms with Gasteiger partial charge in [-0.05, 0) is 31.9 Å². The quantitative estimate of drug-likeness (QED) is 0.588. The van der Waals surface area contributed by atoms with Crippen molar-refractivity contribution in [2.75, 3.05) is 0 Å². The Morgan fingerprint density at radius 1 is 1.53 bits per heavy atom. The average Bonchev–Trinajstić information content (AvgIpc) is 2.17. The molecule has 15 heavy (non-hydrogen) atoms. The van der Waals surface area contributed by atoms with E-state index < -0.39 is 0 Å². The number of aryl methyl sites for hydroxylation is 1. The first-order valence-corrected chi connectivity index (χ1v) is 5.18. The lowest BCUT2D eigenvalue weighted by Gasteiger charge is -2.09. The van der Waals surface area contributed by atoms with Gasteiger partial charge in [-0.1, -0.05) is 19.1 Å². The van der Waals surface area contributed by atoms with Crippen molar-refractivity contribution in [3.8, 4) is 5.75 Å². The number of phenols is 1. The number of benzene rings is 1. The molecule has 0 radical (unpaired) electrons. The zero-order valence-electron chi connectivity index (χ0n) is 9.49. The molecule has 0 bridgehead atoms. The Bertz CT molecular complexity index is 352. The summed E-state index contributed by atoms with van der Waals surface area (Å²) in [7, 11) is 0. The van der Waals surface area contributed by atoms with Crippen LogP contribution < -0.4 is 5.73 Å². The molecule has 0 fully saturated rings. The summed E-state index contributed by atoms with van der Waals surface area (Å²) in [5, 5.41) is 9.69. The molecule has 0 aromatic heterocycles. The largest absolute Gasteiger partial charge is 0.507 e. The monoisotopic (exact) mass is 206 g/mol. The maximum atomic E-state index is 9.69. The number of hydrogen-bond acceptors (Lipinski definition) is 2. The summed E-state index contributed by atoms with van der Waals surface area (Å²) < 4.78 is 0. The molecular weight excluding hydrogens is 188 g/mol. The summed E-state index contributed by atoms with van der Waals surface area (Å²) in [6.07, 6.45) is 0.938. The van der Waals surface area contributed by atoms with E-state index in [4.69, 9.17) is 5.73 Å². The first-order chi connectivity index (χ1) is 7.06. The summed E-state index contributed by atoms with van der Waals surface area (Å²) in [5.74, 6) is 0.611. The molecular formula is C12H18N2O. The summed E-state index contributed by atoms with van der Waals surface area (Å²) >= 11 is 0. The topological polar surface area (TPSA) is 58.6 Å². The number of amidine groups is 1. The third-order valence-electron chi connectivity index (χ3n) is 2.46. The van der Waals surface area contributed by atoms with Crippen LogP contribution in [0.15, 0.2) is 23.2 Å². The molecule has 0 heterocycles. The van der Waals surface area contributed by atoms with E-state index in [1.54, 1.807) is 12.1 Å². The van der Waals surface area contributed by atoms with Gasteiger partial charge in [-0.25, -0.2) is 0 Å². The lowest BCUT2D eigenvalue weighted by molar-refractivity contribution is 0.473. The van der Waals surface area contributed by atoms with Crippen molar-refractivity contribution in [3.63, 3.8) is 0 Å². The highest BCUT2D eigenvalue weighted by Gasteiger charge is 2.09. The Kier molecular flexibility index (Phi) is 3.72. The Labute approximate surface area is 90.7 Å². The molecule has 1 unspecified atom stereocenters. The number of rotatable bonds is 3. The molecule has 0 aliphatic carbocycles. The normalized spacial score (nSPS) is 13.9. The predicted molar refractivity (Wildman–Crippen MR) is 63.3 cm³/mol. The molecule has 0 spiro atoms. The Balaban J connectivity index is 3.10. The Morgan fingerprint density at radius 3 is 2.73 bits per heavy atom. The zero-order chi connectivity index (χ0) is 11.4. The minimum absolute atomic E-state index is 0.184. The van der Waals surface area contributed by atoms with Crippen molar-refractivity contribution in [1.82, 2.24) is 0 Å². The molecule has 3 N–H and O–H groups in total. The molecule has 0 aliphatic heterocycles. The second kappa shape index (κ2) is 4.82. The molecule has 1 aromatic carbocycles. The third kappa shape index (κ3) is 2.72. The average molecular weight is 206 g/mol. The van der Waals surface area contributed by atoms with Crippen LogP contribution >= 0.6 is 0 Å². The van der Waals surface area contributed by atoms with Crippen LogP contribution in [0.5, 0.6) is 5.75 Å². The van der Waals surface area contributed by atoms with Crippen LogP contribution in [-0.2, 0) is 0 Å². The smallest absolute Gasteiger partial charge is 0.129 e. The first kappa shape index (κ1) is 11.6. The van der Waals surface area contributed by atoms with E-state index >= 15 is 0 Å². The van der Waals surface area contributed by atoms with Gasteiger partial charge in [0.1, 0.15) is 11.6 Å². The van der Waals surface area contributed by atoms with Crippen LogP contribution in [-0.4, -0.2) is 17.0 Å². The van der Waals surface area contributed by atoms with Crippen LogP contribution in [0.2, 0.25) is 0 Å². The van der Waals surface area contributed by atoms with Crippen LogP contribution in [0.3, 0.4) is 0 Å². The van der Waals surface area contributed by atoms with E-state index in [0.29, 0.717) is 11.4 Å². The molecule has 1 rings (SSSR count). The number of aliphatic imine (C=N–C) groups is 1. The molecule has 0 saturated heterocycles. The summed E-state index contributed by atoms with van der Waals surface area (Å²) in [4.78, 5) is 4.32. The standard InChI is InChI=1S/C12H18N2O/c1-4-9(3)14-12(13)11-8(2)6-5-7-10(11)15/h5-7,9,15H,4H2,1-3H3,(H2,13,14). The van der Waals surface area contributed by atoms with Gasteiger partial charge in [-0.15, -0.1) is 0 Å². The van der Waals surface area contributed by atoms with Crippen molar-refractivity contribution >= 4 is 5.84 Å².